The Bertz CT molecular complexity index is 214. The van der Waals surface area contributed by atoms with E-state index in [2.05, 4.69) is 12.2 Å². The number of ether oxygens (including phenoxy) is 1. The first-order valence-corrected chi connectivity index (χ1v) is 5.59. The summed E-state index contributed by atoms with van der Waals surface area (Å²) in [5.41, 5.74) is 0.385. The van der Waals surface area contributed by atoms with Crippen LogP contribution in [0.4, 0.5) is 0 Å². The number of aliphatic carboxylic acids is 1. The molecule has 1 aliphatic carbocycles. The molecule has 1 rings (SSSR count). The molecule has 1 aliphatic rings. The standard InChI is InChI=1S/C11H21NO3/c1-3-4-11(5-6-11)8-12-9(7-15-2)10(13)14/h9,12H,3-8H2,1-2H3,(H,13,14). The lowest BCUT2D eigenvalue weighted by atomic mass is 10.0. The zero-order valence-corrected chi connectivity index (χ0v) is 9.58. The van der Waals surface area contributed by atoms with Gasteiger partial charge in [0.2, 0.25) is 0 Å². The fourth-order valence-electron chi connectivity index (χ4n) is 1.95. The van der Waals surface area contributed by atoms with Crippen molar-refractivity contribution in [2.75, 3.05) is 20.3 Å². The largest absolute Gasteiger partial charge is 0.480 e. The maximum atomic E-state index is 10.8. The molecule has 0 heterocycles. The van der Waals surface area contributed by atoms with Gasteiger partial charge in [0, 0.05) is 13.7 Å². The van der Waals surface area contributed by atoms with Crippen molar-refractivity contribution in [2.24, 2.45) is 5.41 Å². The van der Waals surface area contributed by atoms with E-state index in [0.29, 0.717) is 5.41 Å². The van der Waals surface area contributed by atoms with E-state index in [1.807, 2.05) is 0 Å². The minimum atomic E-state index is -0.829. The predicted octanol–water partition coefficient (Wildman–Crippen LogP) is 1.26. The molecule has 0 amide bonds. The minimum absolute atomic E-state index is 0.234. The molecule has 88 valence electrons. The second-order valence-electron chi connectivity index (χ2n) is 4.48. The summed E-state index contributed by atoms with van der Waals surface area (Å²) in [6, 6.07) is -0.565. The molecule has 0 bridgehead atoms. The first-order valence-electron chi connectivity index (χ1n) is 5.59. The van der Waals surface area contributed by atoms with Gasteiger partial charge < -0.3 is 15.2 Å². The Kier molecular flexibility index (Phi) is 4.54. The second-order valence-corrected chi connectivity index (χ2v) is 4.48. The van der Waals surface area contributed by atoms with Crippen LogP contribution < -0.4 is 5.32 Å². The summed E-state index contributed by atoms with van der Waals surface area (Å²) in [6.07, 6.45) is 4.82. The van der Waals surface area contributed by atoms with Crippen LogP contribution >= 0.6 is 0 Å². The minimum Gasteiger partial charge on any atom is -0.480 e. The molecule has 1 saturated carbocycles. The number of nitrogens with one attached hydrogen (secondary N) is 1. The van der Waals surface area contributed by atoms with Crippen LogP contribution in [-0.2, 0) is 9.53 Å². The van der Waals surface area contributed by atoms with Crippen LogP contribution in [0.3, 0.4) is 0 Å². The molecule has 1 fully saturated rings. The van der Waals surface area contributed by atoms with Gasteiger partial charge >= 0.3 is 5.97 Å². The van der Waals surface area contributed by atoms with Gasteiger partial charge in [0.15, 0.2) is 0 Å². The summed E-state index contributed by atoms with van der Waals surface area (Å²) in [4.78, 5) is 10.8. The number of hydrogen-bond acceptors (Lipinski definition) is 3. The van der Waals surface area contributed by atoms with E-state index in [4.69, 9.17) is 9.84 Å². The highest BCUT2D eigenvalue weighted by Gasteiger charge is 2.41. The maximum absolute atomic E-state index is 10.8. The van der Waals surface area contributed by atoms with Gasteiger partial charge in [0.1, 0.15) is 6.04 Å². The number of rotatable bonds is 8. The van der Waals surface area contributed by atoms with Crippen LogP contribution in [0.25, 0.3) is 0 Å². The van der Waals surface area contributed by atoms with Gasteiger partial charge in [0.05, 0.1) is 6.61 Å². The number of carboxylic acids is 1. The normalized spacial score (nSPS) is 19.9. The summed E-state index contributed by atoms with van der Waals surface area (Å²) in [5.74, 6) is -0.829. The Morgan fingerprint density at radius 1 is 1.60 bits per heavy atom. The van der Waals surface area contributed by atoms with E-state index < -0.39 is 12.0 Å². The van der Waals surface area contributed by atoms with Crippen LogP contribution in [0.1, 0.15) is 32.6 Å². The lowest BCUT2D eigenvalue weighted by Gasteiger charge is -2.19. The Hall–Kier alpha value is -0.610. The van der Waals surface area contributed by atoms with Crippen molar-refractivity contribution in [2.45, 2.75) is 38.6 Å². The highest BCUT2D eigenvalue weighted by atomic mass is 16.5. The molecule has 15 heavy (non-hydrogen) atoms. The van der Waals surface area contributed by atoms with Crippen molar-refractivity contribution in [3.63, 3.8) is 0 Å². The van der Waals surface area contributed by atoms with E-state index in [1.165, 1.54) is 32.8 Å². The molecule has 4 nitrogen and oxygen atoms in total. The van der Waals surface area contributed by atoms with Gasteiger partial charge in [-0.25, -0.2) is 0 Å². The van der Waals surface area contributed by atoms with E-state index in [9.17, 15) is 4.79 Å². The molecular formula is C11H21NO3. The fraction of sp³-hybridized carbons (Fsp3) is 0.909. The first kappa shape index (κ1) is 12.5. The second kappa shape index (κ2) is 5.47. The Morgan fingerprint density at radius 3 is 2.67 bits per heavy atom. The van der Waals surface area contributed by atoms with Crippen molar-refractivity contribution >= 4 is 5.97 Å². The molecule has 1 atom stereocenters. The smallest absolute Gasteiger partial charge is 0.323 e. The molecule has 1 unspecified atom stereocenters. The van der Waals surface area contributed by atoms with Gasteiger partial charge in [-0.15, -0.1) is 0 Å². The van der Waals surface area contributed by atoms with Crippen LogP contribution in [0.5, 0.6) is 0 Å². The molecule has 4 heteroatoms. The van der Waals surface area contributed by atoms with E-state index >= 15 is 0 Å². The number of methoxy groups -OCH3 is 1. The van der Waals surface area contributed by atoms with Crippen LogP contribution in [0, 0.1) is 5.41 Å². The topological polar surface area (TPSA) is 58.6 Å². The SMILES string of the molecule is CCCC1(CNC(COC)C(=O)O)CC1. The maximum Gasteiger partial charge on any atom is 0.323 e. The first-order chi connectivity index (χ1) is 7.13. The summed E-state index contributed by atoms with van der Waals surface area (Å²) >= 11 is 0. The zero-order chi connectivity index (χ0) is 11.3. The number of hydrogen-bond donors (Lipinski definition) is 2. The quantitative estimate of drug-likeness (QED) is 0.640. The summed E-state index contributed by atoms with van der Waals surface area (Å²) in [5, 5.41) is 12.0. The van der Waals surface area contributed by atoms with Crippen molar-refractivity contribution < 1.29 is 14.6 Å². The van der Waals surface area contributed by atoms with Crippen molar-refractivity contribution in [3.05, 3.63) is 0 Å². The molecule has 0 aromatic rings. The van der Waals surface area contributed by atoms with Gasteiger partial charge in [-0.1, -0.05) is 13.3 Å². The zero-order valence-electron chi connectivity index (χ0n) is 9.58. The predicted molar refractivity (Wildman–Crippen MR) is 57.9 cm³/mol. The molecule has 0 radical (unpaired) electrons. The highest BCUT2D eigenvalue weighted by Crippen LogP contribution is 2.48. The summed E-state index contributed by atoms with van der Waals surface area (Å²) < 4.78 is 4.87. The van der Waals surface area contributed by atoms with Crippen LogP contribution in [0.2, 0.25) is 0 Å². The van der Waals surface area contributed by atoms with Crippen LogP contribution in [-0.4, -0.2) is 37.4 Å². The van der Waals surface area contributed by atoms with E-state index in [1.54, 1.807) is 0 Å². The third-order valence-corrected chi connectivity index (χ3v) is 3.09. The number of carboxylic acid groups (broad SMARTS) is 1. The van der Waals surface area contributed by atoms with Gasteiger partial charge in [-0.2, -0.15) is 0 Å². The van der Waals surface area contributed by atoms with Crippen LogP contribution in [0.15, 0.2) is 0 Å². The van der Waals surface area contributed by atoms with Gasteiger partial charge in [0.25, 0.3) is 0 Å². The van der Waals surface area contributed by atoms with Crippen molar-refractivity contribution in [1.82, 2.24) is 5.32 Å². The van der Waals surface area contributed by atoms with Gasteiger partial charge in [-0.05, 0) is 24.7 Å². The molecular weight excluding hydrogens is 194 g/mol. The van der Waals surface area contributed by atoms with Crippen molar-refractivity contribution in [1.29, 1.82) is 0 Å². The molecule has 2 N–H and O–H groups in total. The highest BCUT2D eigenvalue weighted by molar-refractivity contribution is 5.73. The molecule has 0 aromatic heterocycles. The Balaban J connectivity index is 2.30. The molecule has 0 aromatic carbocycles. The Labute approximate surface area is 91.0 Å². The lowest BCUT2D eigenvalue weighted by molar-refractivity contribution is -0.140. The fourth-order valence-corrected chi connectivity index (χ4v) is 1.95. The van der Waals surface area contributed by atoms with E-state index in [-0.39, 0.29) is 6.61 Å². The van der Waals surface area contributed by atoms with Crippen molar-refractivity contribution in [3.8, 4) is 0 Å². The Morgan fingerprint density at radius 2 is 2.27 bits per heavy atom. The third kappa shape index (κ3) is 3.80. The summed E-state index contributed by atoms with van der Waals surface area (Å²) in [6.45, 7) is 3.21. The third-order valence-electron chi connectivity index (χ3n) is 3.09. The molecule has 0 saturated heterocycles. The lowest BCUT2D eigenvalue weighted by Crippen LogP contribution is -2.43. The molecule has 0 spiro atoms. The van der Waals surface area contributed by atoms with Gasteiger partial charge in [-0.3, -0.25) is 4.79 Å². The number of carbonyl (C=O) groups is 1. The summed E-state index contributed by atoms with van der Waals surface area (Å²) in [7, 11) is 1.52. The molecule has 0 aliphatic heterocycles. The average Bonchev–Trinajstić information content (AvgIpc) is 2.93. The average molecular weight is 215 g/mol. The monoisotopic (exact) mass is 215 g/mol. The van der Waals surface area contributed by atoms with E-state index in [0.717, 1.165) is 6.54 Å².